The van der Waals surface area contributed by atoms with Crippen LogP contribution >= 0.6 is 23.2 Å². The molecule has 0 radical (unpaired) electrons. The number of nitrogens with zero attached hydrogens (tertiary/aromatic N) is 8. The highest BCUT2D eigenvalue weighted by Crippen LogP contribution is 2.34. The van der Waals surface area contributed by atoms with Gasteiger partial charge in [0.15, 0.2) is 5.82 Å². The summed E-state index contributed by atoms with van der Waals surface area (Å²) in [7, 11) is 0. The van der Waals surface area contributed by atoms with Crippen LogP contribution in [-0.4, -0.2) is 59.6 Å². The number of isocyanates is 1. The van der Waals surface area contributed by atoms with E-state index in [4.69, 9.17) is 23.2 Å². The van der Waals surface area contributed by atoms with Crippen LogP contribution in [0.2, 0.25) is 10.0 Å². The van der Waals surface area contributed by atoms with Gasteiger partial charge < -0.3 is 24.7 Å². The fourth-order valence-electron chi connectivity index (χ4n) is 6.77. The largest absolute Gasteiger partial charge is 0.416 e. The molecule has 2 aromatic heterocycles. The molecule has 2 aliphatic rings. The van der Waals surface area contributed by atoms with Gasteiger partial charge in [-0.05, 0) is 116 Å². The van der Waals surface area contributed by atoms with E-state index in [0.717, 1.165) is 85.2 Å². The van der Waals surface area contributed by atoms with Crippen molar-refractivity contribution in [1.82, 2.24) is 39.7 Å². The van der Waals surface area contributed by atoms with Gasteiger partial charge in [0.1, 0.15) is 18.5 Å². The van der Waals surface area contributed by atoms with Gasteiger partial charge >= 0.3 is 18.4 Å². The molecule has 0 bridgehead atoms. The van der Waals surface area contributed by atoms with Crippen LogP contribution in [0.5, 0.6) is 0 Å². The van der Waals surface area contributed by atoms with Crippen LogP contribution in [0.1, 0.15) is 71.7 Å². The first-order chi connectivity index (χ1) is 29.7. The number of hydrogen-bond acceptors (Lipinski definition) is 8. The first-order valence-electron chi connectivity index (χ1n) is 19.2. The zero-order valence-corrected chi connectivity index (χ0v) is 34.1. The van der Waals surface area contributed by atoms with Crippen LogP contribution in [-0.2, 0) is 30.2 Å². The molecule has 2 N–H and O–H groups in total. The smallest absolute Gasteiger partial charge is 0.314 e. The normalized spacial score (nSPS) is 16.1. The number of rotatable bonds is 8. The van der Waals surface area contributed by atoms with Gasteiger partial charge in [-0.2, -0.15) is 31.3 Å². The Balaban J connectivity index is 0.000000174. The minimum Gasteiger partial charge on any atom is -0.314 e. The summed E-state index contributed by atoms with van der Waals surface area (Å²) < 4.78 is 78.2. The third kappa shape index (κ3) is 12.5. The minimum absolute atomic E-state index is 0.156. The molecule has 6 aromatic rings. The van der Waals surface area contributed by atoms with Crippen LogP contribution in [0.15, 0.2) is 115 Å². The molecule has 0 aliphatic carbocycles. The lowest BCUT2D eigenvalue weighted by Gasteiger charge is -2.25. The Morgan fingerprint density at radius 3 is 1.74 bits per heavy atom. The van der Waals surface area contributed by atoms with Crippen molar-refractivity contribution < 1.29 is 35.9 Å². The Labute approximate surface area is 361 Å². The van der Waals surface area contributed by atoms with E-state index < -0.39 is 23.5 Å². The van der Waals surface area contributed by atoms with Crippen molar-refractivity contribution in [1.29, 1.82) is 0 Å². The molecular weight excluding hydrogens is 861 g/mol. The number of amides is 2. The van der Waals surface area contributed by atoms with Crippen LogP contribution in [0.25, 0.3) is 0 Å². The third-order valence-corrected chi connectivity index (χ3v) is 10.3. The van der Waals surface area contributed by atoms with Gasteiger partial charge in [0.05, 0.1) is 42.0 Å². The van der Waals surface area contributed by atoms with E-state index in [2.05, 4.69) is 40.6 Å². The maximum absolute atomic E-state index is 12.8. The Morgan fingerprint density at radius 1 is 0.726 bits per heavy atom. The van der Waals surface area contributed by atoms with E-state index in [-0.39, 0.29) is 17.8 Å². The average Bonchev–Trinajstić information content (AvgIpc) is 4.09. The maximum Gasteiger partial charge on any atom is 0.416 e. The van der Waals surface area contributed by atoms with Crippen molar-refractivity contribution in [3.63, 3.8) is 0 Å². The van der Waals surface area contributed by atoms with E-state index in [0.29, 0.717) is 35.7 Å². The van der Waals surface area contributed by atoms with Crippen molar-refractivity contribution >= 4 is 46.7 Å². The molecule has 0 unspecified atom stereocenters. The minimum atomic E-state index is -4.42. The molecule has 4 aromatic carbocycles. The second-order valence-corrected chi connectivity index (χ2v) is 15.0. The fourth-order valence-corrected chi connectivity index (χ4v) is 7.02. The number of aromatic nitrogens is 6. The lowest BCUT2D eigenvalue weighted by molar-refractivity contribution is -0.138. The Bertz CT molecular complexity index is 2410. The van der Waals surface area contributed by atoms with E-state index in [1.165, 1.54) is 30.2 Å². The zero-order valence-electron chi connectivity index (χ0n) is 32.6. The first kappa shape index (κ1) is 45.5. The summed E-state index contributed by atoms with van der Waals surface area (Å²) in [5.74, 6) is 1.69. The summed E-state index contributed by atoms with van der Waals surface area (Å²) in [6.45, 7) is 2.91. The highest BCUT2D eigenvalue weighted by molar-refractivity contribution is 6.30. The topological polar surface area (TPSA) is 135 Å². The lowest BCUT2D eigenvalue weighted by atomic mass is 10.2. The molecule has 2 amide bonds. The lowest BCUT2D eigenvalue weighted by Crippen LogP contribution is -2.35. The van der Waals surface area contributed by atoms with E-state index in [1.54, 1.807) is 29.7 Å². The number of likely N-dealkylation sites (tertiary alicyclic amines) is 1. The number of benzene rings is 4. The van der Waals surface area contributed by atoms with Crippen molar-refractivity contribution in [3.05, 3.63) is 154 Å². The molecule has 0 spiro atoms. The maximum atomic E-state index is 12.8. The van der Waals surface area contributed by atoms with Crippen molar-refractivity contribution in [2.24, 2.45) is 4.99 Å². The van der Waals surface area contributed by atoms with Crippen LogP contribution < -0.4 is 10.6 Å². The molecular formula is C42H38Cl2F6N10O2. The molecule has 20 heteroatoms. The standard InChI is InChI=1S/C21H19ClF3N5O.C13H15ClN4.C8H4F3NO/c22-16-7-3-14(4-8-16)12-29-13-26-28-19(29)18-2-1-11-30(18)20(31)27-17-9-5-15(6-10-17)21(23,24)25;14-11-5-3-10(4-6-11)8-18-9-16-17-13(18)12-2-1-7-15-12;9-8(10,11)6-1-3-7(4-2-6)12-5-13/h3-10,13,18H,1-2,11-12H2,(H,27,31);3-6,9,12,15H,1-2,7-8H2;1-4H/t18-;12-;/m11./s1. The summed E-state index contributed by atoms with van der Waals surface area (Å²) in [5, 5.41) is 24.0. The van der Waals surface area contributed by atoms with Gasteiger partial charge in [-0.15, -0.1) is 20.4 Å². The zero-order chi connectivity index (χ0) is 44.3. The van der Waals surface area contributed by atoms with Gasteiger partial charge in [0, 0.05) is 22.3 Å². The van der Waals surface area contributed by atoms with Gasteiger partial charge in [0.25, 0.3) is 0 Å². The number of anilines is 1. The Morgan fingerprint density at radius 2 is 1.24 bits per heavy atom. The summed E-state index contributed by atoms with van der Waals surface area (Å²) >= 11 is 11.8. The van der Waals surface area contributed by atoms with Gasteiger partial charge in [-0.1, -0.05) is 47.5 Å². The number of carbonyl (C=O) groups excluding carboxylic acids is 2. The van der Waals surface area contributed by atoms with Crippen molar-refractivity contribution in [2.75, 3.05) is 18.4 Å². The number of nitrogens with one attached hydrogen (secondary N) is 2. The molecule has 0 saturated carbocycles. The number of alkyl halides is 6. The Kier molecular flexibility index (Phi) is 15.1. The number of urea groups is 1. The molecule has 2 fully saturated rings. The van der Waals surface area contributed by atoms with Gasteiger partial charge in [-0.3, -0.25) is 0 Å². The number of aliphatic imine (C=N–C) groups is 1. The molecule has 2 aliphatic heterocycles. The highest BCUT2D eigenvalue weighted by atomic mass is 35.5. The van der Waals surface area contributed by atoms with Gasteiger partial charge in [-0.25, -0.2) is 9.59 Å². The number of halogens is 8. The predicted molar refractivity (Wildman–Crippen MR) is 219 cm³/mol. The molecule has 62 heavy (non-hydrogen) atoms. The third-order valence-electron chi connectivity index (χ3n) is 9.84. The summed E-state index contributed by atoms with van der Waals surface area (Å²) in [5.41, 5.74) is 1.15. The summed E-state index contributed by atoms with van der Waals surface area (Å²) in [6, 6.07) is 23.3. The fraction of sp³-hybridized carbons (Fsp3) is 0.286. The van der Waals surface area contributed by atoms with Gasteiger partial charge in [0.2, 0.25) is 6.08 Å². The quantitative estimate of drug-likeness (QED) is 0.0882. The second kappa shape index (κ2) is 20.7. The molecule has 2 atom stereocenters. The SMILES string of the molecule is Clc1ccc(Cn2cnnc2[C@H]2CCCN2)cc1.O=C(Nc1ccc(C(F)(F)F)cc1)N1CCC[C@@H]1c1nncn1Cc1ccc(Cl)cc1.O=C=Nc1ccc(C(F)(F)F)cc1. The average molecular weight is 900 g/mol. The first-order valence-corrected chi connectivity index (χ1v) is 19.9. The van der Waals surface area contributed by atoms with Crippen LogP contribution in [0, 0.1) is 0 Å². The molecule has 4 heterocycles. The number of carbonyl (C=O) groups is 1. The summed E-state index contributed by atoms with van der Waals surface area (Å²) in [6.07, 6.45) is -0.269. The van der Waals surface area contributed by atoms with Crippen LogP contribution in [0.3, 0.4) is 0 Å². The van der Waals surface area contributed by atoms with Crippen LogP contribution in [0.4, 0.5) is 42.5 Å². The monoisotopic (exact) mass is 898 g/mol. The second-order valence-electron chi connectivity index (χ2n) is 14.1. The van der Waals surface area contributed by atoms with E-state index >= 15 is 0 Å². The molecule has 2 saturated heterocycles. The number of hydrogen-bond donors (Lipinski definition) is 2. The Hall–Kier alpha value is -6.07. The molecule has 8 rings (SSSR count). The van der Waals surface area contributed by atoms with E-state index in [1.807, 2.05) is 41.0 Å². The summed E-state index contributed by atoms with van der Waals surface area (Å²) in [4.78, 5) is 27.4. The predicted octanol–water partition coefficient (Wildman–Crippen LogP) is 10.4. The molecule has 324 valence electrons. The van der Waals surface area contributed by atoms with Crippen molar-refractivity contribution in [2.45, 2.75) is 63.2 Å². The van der Waals surface area contributed by atoms with Crippen molar-refractivity contribution in [3.8, 4) is 0 Å². The highest BCUT2D eigenvalue weighted by Gasteiger charge is 2.34. The van der Waals surface area contributed by atoms with E-state index in [9.17, 15) is 35.9 Å². The molecule has 12 nitrogen and oxygen atoms in total.